The van der Waals surface area contributed by atoms with Crippen LogP contribution in [0.2, 0.25) is 0 Å². The van der Waals surface area contributed by atoms with Gasteiger partial charge in [-0.2, -0.15) is 9.36 Å². The Labute approximate surface area is 118 Å². The van der Waals surface area contributed by atoms with Crippen molar-refractivity contribution >= 4 is 6.03 Å². The van der Waals surface area contributed by atoms with Gasteiger partial charge in [-0.3, -0.25) is 0 Å². The topological polar surface area (TPSA) is 78.5 Å². The highest BCUT2D eigenvalue weighted by molar-refractivity contribution is 5.77. The fraction of sp³-hybridized carbons (Fsp3) is 0.615. The molecule has 108 valence electrons. The molecule has 0 saturated heterocycles. The Hall–Kier alpha value is -2.05. The monoisotopic (exact) mass is 276 g/mol. The van der Waals surface area contributed by atoms with Crippen molar-refractivity contribution in [3.63, 3.8) is 0 Å². The zero-order valence-electron chi connectivity index (χ0n) is 12.0. The molecule has 0 aliphatic rings. The maximum absolute atomic E-state index is 12.3. The highest BCUT2D eigenvalue weighted by Crippen LogP contribution is 2.12. The maximum Gasteiger partial charge on any atom is 0.372 e. The lowest BCUT2D eigenvalue weighted by Gasteiger charge is -2.05. The van der Waals surface area contributed by atoms with Crippen LogP contribution in [-0.2, 0) is 12.8 Å². The minimum atomic E-state index is -0.333. The number of nitrogens with zero attached hydrogens (tertiary/aromatic N) is 6. The summed E-state index contributed by atoms with van der Waals surface area (Å²) in [7, 11) is 0. The Morgan fingerprint density at radius 1 is 1.20 bits per heavy atom. The molecular formula is C13H20N6O. The van der Waals surface area contributed by atoms with Gasteiger partial charge in [-0.25, -0.2) is 4.79 Å². The van der Waals surface area contributed by atoms with Crippen LogP contribution >= 0.6 is 0 Å². The summed E-state index contributed by atoms with van der Waals surface area (Å²) in [5.41, 5.74) is 1.78. The van der Waals surface area contributed by atoms with Crippen molar-refractivity contribution in [1.82, 2.24) is 30.0 Å². The first kappa shape index (κ1) is 14.4. The van der Waals surface area contributed by atoms with E-state index >= 15 is 0 Å². The third-order valence-electron chi connectivity index (χ3n) is 3.25. The Morgan fingerprint density at radius 3 is 2.70 bits per heavy atom. The van der Waals surface area contributed by atoms with E-state index in [1.807, 2.05) is 6.92 Å². The molecule has 2 rings (SSSR count). The molecule has 7 nitrogen and oxygen atoms in total. The summed E-state index contributed by atoms with van der Waals surface area (Å²) in [6.07, 6.45) is 9.16. The predicted octanol–water partition coefficient (Wildman–Crippen LogP) is 2.07. The molecule has 0 atom stereocenters. The molecule has 0 unspecified atom stereocenters. The van der Waals surface area contributed by atoms with Crippen molar-refractivity contribution in [3.05, 3.63) is 23.8 Å². The maximum atomic E-state index is 12.3. The average Bonchev–Trinajstić information content (AvgIpc) is 3.12. The van der Waals surface area contributed by atoms with E-state index in [0.717, 1.165) is 37.1 Å². The first-order chi connectivity index (χ1) is 9.77. The van der Waals surface area contributed by atoms with Gasteiger partial charge in [0.05, 0.1) is 23.8 Å². The highest BCUT2D eigenvalue weighted by Gasteiger charge is 2.18. The van der Waals surface area contributed by atoms with Crippen molar-refractivity contribution in [3.8, 4) is 0 Å². The summed E-state index contributed by atoms with van der Waals surface area (Å²) in [5, 5.41) is 15.4. The highest BCUT2D eigenvalue weighted by atomic mass is 16.2. The van der Waals surface area contributed by atoms with Gasteiger partial charge in [-0.05, 0) is 19.3 Å². The molecule has 0 saturated carbocycles. The van der Waals surface area contributed by atoms with Gasteiger partial charge in [0.15, 0.2) is 0 Å². The molecule has 2 aromatic heterocycles. The van der Waals surface area contributed by atoms with Crippen LogP contribution in [0.3, 0.4) is 0 Å². The van der Waals surface area contributed by atoms with Gasteiger partial charge in [0.1, 0.15) is 0 Å². The summed E-state index contributed by atoms with van der Waals surface area (Å²) in [5.74, 6) is 0. The van der Waals surface area contributed by atoms with Crippen LogP contribution in [0.15, 0.2) is 12.4 Å². The molecular weight excluding hydrogens is 256 g/mol. The van der Waals surface area contributed by atoms with E-state index in [1.54, 1.807) is 0 Å². The van der Waals surface area contributed by atoms with Crippen LogP contribution in [0.1, 0.15) is 50.9 Å². The Kier molecular flexibility index (Phi) is 4.97. The minimum absolute atomic E-state index is 0.333. The third-order valence-corrected chi connectivity index (χ3v) is 3.25. The van der Waals surface area contributed by atoms with Gasteiger partial charge < -0.3 is 0 Å². The lowest BCUT2D eigenvalue weighted by molar-refractivity contribution is 0.236. The van der Waals surface area contributed by atoms with Crippen molar-refractivity contribution < 1.29 is 4.79 Å². The molecule has 0 fully saturated rings. The lowest BCUT2D eigenvalue weighted by Crippen LogP contribution is -2.23. The van der Waals surface area contributed by atoms with Gasteiger partial charge in [-0.1, -0.05) is 43.5 Å². The molecule has 20 heavy (non-hydrogen) atoms. The van der Waals surface area contributed by atoms with E-state index in [9.17, 15) is 4.79 Å². The Balaban J connectivity index is 2.16. The molecule has 0 spiro atoms. The fourth-order valence-electron chi connectivity index (χ4n) is 2.14. The Bertz CT molecular complexity index is 545. The van der Waals surface area contributed by atoms with Crippen LogP contribution in [0.25, 0.3) is 0 Å². The molecule has 0 aliphatic heterocycles. The molecule has 2 heterocycles. The standard InChI is InChI=1S/C13H20N6O/c1-3-5-6-7-8-12-11(4-2)15-17-19(12)13(20)18-10-9-14-16-18/h9-10H,3-8H2,1-2H3. The lowest BCUT2D eigenvalue weighted by atomic mass is 10.1. The molecule has 7 heteroatoms. The van der Waals surface area contributed by atoms with E-state index in [-0.39, 0.29) is 6.03 Å². The van der Waals surface area contributed by atoms with E-state index < -0.39 is 0 Å². The van der Waals surface area contributed by atoms with Gasteiger partial charge >= 0.3 is 6.03 Å². The van der Waals surface area contributed by atoms with Crippen molar-refractivity contribution in [2.75, 3.05) is 0 Å². The van der Waals surface area contributed by atoms with Crippen molar-refractivity contribution in [1.29, 1.82) is 0 Å². The van der Waals surface area contributed by atoms with Crippen molar-refractivity contribution in [2.24, 2.45) is 0 Å². The average molecular weight is 276 g/mol. The number of aryl methyl sites for hydroxylation is 1. The van der Waals surface area contributed by atoms with E-state index in [4.69, 9.17) is 0 Å². The summed E-state index contributed by atoms with van der Waals surface area (Å²) < 4.78 is 2.52. The normalized spacial score (nSPS) is 10.9. The van der Waals surface area contributed by atoms with E-state index in [1.165, 1.54) is 34.6 Å². The summed E-state index contributed by atoms with van der Waals surface area (Å²) in [6, 6.07) is -0.333. The number of aromatic nitrogens is 6. The number of hydrogen-bond acceptors (Lipinski definition) is 5. The molecule has 0 aromatic carbocycles. The fourth-order valence-corrected chi connectivity index (χ4v) is 2.14. The molecule has 0 N–H and O–H groups in total. The second-order valence-electron chi connectivity index (χ2n) is 4.69. The second-order valence-corrected chi connectivity index (χ2v) is 4.69. The smallest absolute Gasteiger partial charge is 0.243 e. The van der Waals surface area contributed by atoms with Crippen LogP contribution in [0.4, 0.5) is 4.79 Å². The summed E-state index contributed by atoms with van der Waals surface area (Å²) in [4.78, 5) is 12.3. The van der Waals surface area contributed by atoms with Crippen LogP contribution in [0, 0.1) is 0 Å². The van der Waals surface area contributed by atoms with E-state index in [2.05, 4.69) is 27.5 Å². The molecule has 0 amide bonds. The largest absolute Gasteiger partial charge is 0.372 e. The zero-order valence-corrected chi connectivity index (χ0v) is 12.0. The van der Waals surface area contributed by atoms with Crippen molar-refractivity contribution in [2.45, 2.75) is 52.4 Å². The molecule has 0 radical (unpaired) electrons. The minimum Gasteiger partial charge on any atom is -0.243 e. The quantitative estimate of drug-likeness (QED) is 0.755. The van der Waals surface area contributed by atoms with Crippen LogP contribution in [-0.4, -0.2) is 36.0 Å². The summed E-state index contributed by atoms with van der Waals surface area (Å²) in [6.45, 7) is 4.20. The van der Waals surface area contributed by atoms with Gasteiger partial charge in [0, 0.05) is 0 Å². The first-order valence-corrected chi connectivity index (χ1v) is 7.12. The summed E-state index contributed by atoms with van der Waals surface area (Å²) >= 11 is 0. The van der Waals surface area contributed by atoms with Crippen LogP contribution in [0.5, 0.6) is 0 Å². The molecule has 0 aliphatic carbocycles. The van der Waals surface area contributed by atoms with Gasteiger partial charge in [0.25, 0.3) is 0 Å². The van der Waals surface area contributed by atoms with Crippen LogP contribution < -0.4 is 0 Å². The van der Waals surface area contributed by atoms with E-state index in [0.29, 0.717) is 0 Å². The number of carbonyl (C=O) groups is 1. The number of hydrogen-bond donors (Lipinski definition) is 0. The number of unbranched alkanes of at least 4 members (excludes halogenated alkanes) is 3. The zero-order chi connectivity index (χ0) is 14.4. The SMILES string of the molecule is CCCCCCc1c(CC)nnn1C(=O)n1ccnn1. The van der Waals surface area contributed by atoms with Gasteiger partial charge in [-0.15, -0.1) is 10.2 Å². The molecule has 0 bridgehead atoms. The Morgan fingerprint density at radius 2 is 2.05 bits per heavy atom. The third kappa shape index (κ3) is 3.09. The number of carbonyl (C=O) groups excluding carboxylic acids is 1. The second kappa shape index (κ2) is 6.93. The van der Waals surface area contributed by atoms with Gasteiger partial charge in [0.2, 0.25) is 0 Å². The predicted molar refractivity (Wildman–Crippen MR) is 73.5 cm³/mol. The number of rotatable bonds is 6. The molecule has 2 aromatic rings. The first-order valence-electron chi connectivity index (χ1n) is 7.12.